The predicted octanol–water partition coefficient (Wildman–Crippen LogP) is 4.30. The highest BCUT2D eigenvalue weighted by molar-refractivity contribution is 6.32. The highest BCUT2D eigenvalue weighted by Gasteiger charge is 2.41. The fourth-order valence-electron chi connectivity index (χ4n) is 2.48. The molecule has 0 aromatic heterocycles. The van der Waals surface area contributed by atoms with E-state index in [1.54, 1.807) is 11.2 Å². The van der Waals surface area contributed by atoms with Crippen LogP contribution in [-0.4, -0.2) is 36.9 Å². The second-order valence-electron chi connectivity index (χ2n) is 7.08. The zero-order valence-corrected chi connectivity index (χ0v) is 16.7. The van der Waals surface area contributed by atoms with E-state index < -0.39 is 53.1 Å². The number of benzene rings is 1. The number of nitrogens with zero attached hydrogens (tertiary/aromatic N) is 1. The number of halogens is 7. The van der Waals surface area contributed by atoms with E-state index in [1.807, 2.05) is 0 Å². The summed E-state index contributed by atoms with van der Waals surface area (Å²) in [6, 6.07) is 1.09. The molecular formula is C18H17ClF6N2O3. The number of anilines is 1. The molecule has 5 nitrogen and oxygen atoms in total. The minimum absolute atomic E-state index is 0.209. The number of amides is 2. The lowest BCUT2D eigenvalue weighted by molar-refractivity contribution is -0.274. The molecule has 0 bridgehead atoms. The summed E-state index contributed by atoms with van der Waals surface area (Å²) in [6.07, 6.45) is -4.62. The molecule has 0 fully saturated rings. The van der Waals surface area contributed by atoms with Crippen LogP contribution in [0.3, 0.4) is 0 Å². The van der Waals surface area contributed by atoms with Gasteiger partial charge < -0.3 is 10.1 Å². The fraction of sp³-hybridized carbons (Fsp3) is 0.444. The Kier molecular flexibility index (Phi) is 7.66. The van der Waals surface area contributed by atoms with Gasteiger partial charge in [-0.1, -0.05) is 32.4 Å². The van der Waals surface area contributed by atoms with Gasteiger partial charge in [0.15, 0.2) is 0 Å². The number of alkyl halides is 6. The van der Waals surface area contributed by atoms with Gasteiger partial charge in [-0.15, -0.1) is 19.6 Å². The third kappa shape index (κ3) is 7.33. The Balaban J connectivity index is 3.44. The molecule has 0 aliphatic carbocycles. The summed E-state index contributed by atoms with van der Waals surface area (Å²) in [6.45, 7) is 2.73. The predicted molar refractivity (Wildman–Crippen MR) is 96.8 cm³/mol. The maximum Gasteiger partial charge on any atom is 0.573 e. The van der Waals surface area contributed by atoms with Crippen LogP contribution in [0.25, 0.3) is 0 Å². The number of carbonyl (C=O) groups is 2. The SMILES string of the molecule is C#CC(=O)N(c1ccc(OC(F)(F)F)c(Cl)c1)C(C(=O)NCC(F)(F)F)C(C)(C)C. The van der Waals surface area contributed by atoms with Gasteiger partial charge in [-0.3, -0.25) is 14.5 Å². The van der Waals surface area contributed by atoms with E-state index in [0.29, 0.717) is 4.90 Å². The average molecular weight is 459 g/mol. The zero-order valence-electron chi connectivity index (χ0n) is 15.9. The summed E-state index contributed by atoms with van der Waals surface area (Å²) in [7, 11) is 0. The second kappa shape index (κ2) is 9.04. The van der Waals surface area contributed by atoms with Crippen molar-refractivity contribution in [3.05, 3.63) is 23.2 Å². The Morgan fingerprint density at radius 1 is 1.20 bits per heavy atom. The van der Waals surface area contributed by atoms with E-state index in [0.717, 1.165) is 18.2 Å². The van der Waals surface area contributed by atoms with Gasteiger partial charge in [0.2, 0.25) is 5.91 Å². The van der Waals surface area contributed by atoms with Crippen molar-refractivity contribution in [2.45, 2.75) is 39.4 Å². The first kappa shape index (κ1) is 25.4. The number of carbonyl (C=O) groups excluding carboxylic acids is 2. The molecule has 12 heteroatoms. The van der Waals surface area contributed by atoms with Crippen molar-refractivity contribution in [3.63, 3.8) is 0 Å². The summed E-state index contributed by atoms with van der Waals surface area (Å²) in [4.78, 5) is 25.6. The van der Waals surface area contributed by atoms with Crippen LogP contribution >= 0.6 is 11.6 Å². The van der Waals surface area contributed by atoms with Crippen molar-refractivity contribution < 1.29 is 40.7 Å². The van der Waals surface area contributed by atoms with Gasteiger partial charge in [-0.2, -0.15) is 13.2 Å². The molecule has 1 rings (SSSR count). The molecule has 1 aromatic carbocycles. The molecule has 1 aromatic rings. The topological polar surface area (TPSA) is 58.6 Å². The first-order valence-corrected chi connectivity index (χ1v) is 8.53. The molecule has 0 saturated carbocycles. The Labute approximate surface area is 173 Å². The molecule has 30 heavy (non-hydrogen) atoms. The minimum Gasteiger partial charge on any atom is -0.404 e. The van der Waals surface area contributed by atoms with Crippen molar-refractivity contribution in [1.29, 1.82) is 0 Å². The third-order valence-electron chi connectivity index (χ3n) is 3.55. The van der Waals surface area contributed by atoms with Crippen LogP contribution in [0.2, 0.25) is 5.02 Å². The fourth-order valence-corrected chi connectivity index (χ4v) is 2.70. The smallest absolute Gasteiger partial charge is 0.404 e. The molecule has 2 amide bonds. The maximum absolute atomic E-state index is 12.5. The zero-order chi connectivity index (χ0) is 23.5. The lowest BCUT2D eigenvalue weighted by atomic mass is 9.84. The van der Waals surface area contributed by atoms with E-state index in [-0.39, 0.29) is 5.69 Å². The summed E-state index contributed by atoms with van der Waals surface area (Å²) >= 11 is 5.78. The number of terminal acetylenes is 1. The minimum atomic E-state index is -5.04. The van der Waals surface area contributed by atoms with E-state index in [9.17, 15) is 35.9 Å². The molecule has 0 aliphatic heterocycles. The third-order valence-corrected chi connectivity index (χ3v) is 3.85. The maximum atomic E-state index is 12.5. The van der Waals surface area contributed by atoms with Crippen molar-refractivity contribution in [3.8, 4) is 18.1 Å². The average Bonchev–Trinajstić information content (AvgIpc) is 2.56. The second-order valence-corrected chi connectivity index (χ2v) is 7.49. The summed E-state index contributed by atoms with van der Waals surface area (Å²) in [5.41, 5.74) is -1.34. The Bertz CT molecular complexity index is 840. The molecule has 1 unspecified atom stereocenters. The molecule has 166 valence electrons. The van der Waals surface area contributed by atoms with Gasteiger partial charge in [0.1, 0.15) is 18.3 Å². The summed E-state index contributed by atoms with van der Waals surface area (Å²) in [5.74, 6) is -1.32. The highest BCUT2D eigenvalue weighted by Crippen LogP contribution is 2.36. The van der Waals surface area contributed by atoms with Crippen LogP contribution in [0.4, 0.5) is 32.0 Å². The molecular weight excluding hydrogens is 442 g/mol. The monoisotopic (exact) mass is 458 g/mol. The molecule has 0 saturated heterocycles. The van der Waals surface area contributed by atoms with Gasteiger partial charge in [-0.05, 0) is 29.5 Å². The van der Waals surface area contributed by atoms with Crippen LogP contribution in [0.15, 0.2) is 18.2 Å². The molecule has 0 spiro atoms. The number of rotatable bonds is 5. The summed E-state index contributed by atoms with van der Waals surface area (Å²) in [5, 5.41) is 1.12. The van der Waals surface area contributed by atoms with Crippen LogP contribution in [0.5, 0.6) is 5.75 Å². The van der Waals surface area contributed by atoms with Crippen LogP contribution in [-0.2, 0) is 9.59 Å². The van der Waals surface area contributed by atoms with Gasteiger partial charge in [0.25, 0.3) is 0 Å². The lowest BCUT2D eigenvalue weighted by Crippen LogP contribution is -2.57. The number of ether oxygens (including phenoxy) is 1. The van der Waals surface area contributed by atoms with Crippen molar-refractivity contribution in [2.75, 3.05) is 11.4 Å². The molecule has 1 N–H and O–H groups in total. The van der Waals surface area contributed by atoms with Gasteiger partial charge in [0, 0.05) is 5.69 Å². The lowest BCUT2D eigenvalue weighted by Gasteiger charge is -2.38. The molecule has 0 radical (unpaired) electrons. The van der Waals surface area contributed by atoms with Crippen molar-refractivity contribution in [2.24, 2.45) is 5.41 Å². The molecule has 1 atom stereocenters. The number of nitrogens with one attached hydrogen (secondary N) is 1. The van der Waals surface area contributed by atoms with Gasteiger partial charge in [-0.25, -0.2) is 0 Å². The van der Waals surface area contributed by atoms with Gasteiger partial charge in [0.05, 0.1) is 5.02 Å². The van der Waals surface area contributed by atoms with Crippen molar-refractivity contribution in [1.82, 2.24) is 5.32 Å². The molecule has 0 heterocycles. The quantitative estimate of drug-likeness (QED) is 0.529. The van der Waals surface area contributed by atoms with Crippen LogP contribution in [0.1, 0.15) is 20.8 Å². The first-order valence-electron chi connectivity index (χ1n) is 8.16. The highest BCUT2D eigenvalue weighted by atomic mass is 35.5. The van der Waals surface area contributed by atoms with E-state index in [4.69, 9.17) is 18.0 Å². The van der Waals surface area contributed by atoms with Gasteiger partial charge >= 0.3 is 18.4 Å². The van der Waals surface area contributed by atoms with E-state index in [1.165, 1.54) is 20.8 Å². The standard InChI is InChI=1S/C18H17ClF6N2O3/c1-5-13(28)27(10-6-7-12(11(19)8-10)30-18(23,24)25)14(16(2,3)4)15(29)26-9-17(20,21)22/h1,6-8,14H,9H2,2-4H3,(H,26,29). The normalized spacial score (nSPS) is 13.2. The number of hydrogen-bond donors (Lipinski definition) is 1. The van der Waals surface area contributed by atoms with E-state index >= 15 is 0 Å². The Morgan fingerprint density at radius 3 is 2.17 bits per heavy atom. The molecule has 0 aliphatic rings. The van der Waals surface area contributed by atoms with Crippen molar-refractivity contribution >= 4 is 29.1 Å². The van der Waals surface area contributed by atoms with Crippen LogP contribution < -0.4 is 15.0 Å². The van der Waals surface area contributed by atoms with Crippen LogP contribution in [0, 0.1) is 17.8 Å². The first-order chi connectivity index (χ1) is 13.5. The largest absolute Gasteiger partial charge is 0.573 e. The Morgan fingerprint density at radius 2 is 1.77 bits per heavy atom. The van der Waals surface area contributed by atoms with E-state index in [2.05, 4.69) is 4.74 Å². The summed E-state index contributed by atoms with van der Waals surface area (Å²) < 4.78 is 78.5. The number of hydrogen-bond acceptors (Lipinski definition) is 3. The Hall–Kier alpha value is -2.61.